The maximum Gasteiger partial charge on any atom is 0.294 e. The van der Waals surface area contributed by atoms with Crippen molar-refractivity contribution in [2.45, 2.75) is 39.3 Å². The number of rotatable bonds is 3. The molecule has 23 heavy (non-hydrogen) atoms. The van der Waals surface area contributed by atoms with Crippen molar-refractivity contribution in [2.24, 2.45) is 5.92 Å². The standard InChI is InChI=1S/C18H21N3O2/c1-11(2)13-7-5-9-21(13)10-15-19-16-12-6-3-4-8-14(12)23-17(16)18(22)20-15/h3-4,6,8,11,13H,5,7,9-10H2,1-2H3,(H,19,20,22). The van der Waals surface area contributed by atoms with Crippen LogP contribution in [-0.4, -0.2) is 27.5 Å². The van der Waals surface area contributed by atoms with E-state index < -0.39 is 0 Å². The smallest absolute Gasteiger partial charge is 0.294 e. The molecule has 4 rings (SSSR count). The lowest BCUT2D eigenvalue weighted by atomic mass is 10.0. The van der Waals surface area contributed by atoms with Crippen LogP contribution in [-0.2, 0) is 6.54 Å². The Balaban J connectivity index is 1.76. The number of furan rings is 1. The maximum absolute atomic E-state index is 12.4. The number of benzene rings is 1. The Hall–Kier alpha value is -2.14. The van der Waals surface area contributed by atoms with Gasteiger partial charge in [0.15, 0.2) is 0 Å². The summed E-state index contributed by atoms with van der Waals surface area (Å²) in [6, 6.07) is 8.22. The Morgan fingerprint density at radius 2 is 2.22 bits per heavy atom. The summed E-state index contributed by atoms with van der Waals surface area (Å²) in [6.07, 6.45) is 2.43. The van der Waals surface area contributed by atoms with E-state index in [9.17, 15) is 4.79 Å². The molecular weight excluding hydrogens is 290 g/mol. The van der Waals surface area contributed by atoms with E-state index in [2.05, 4.69) is 23.7 Å². The van der Waals surface area contributed by atoms with Crippen LogP contribution in [0.5, 0.6) is 0 Å². The van der Waals surface area contributed by atoms with Gasteiger partial charge in [0.1, 0.15) is 16.9 Å². The van der Waals surface area contributed by atoms with Crippen LogP contribution in [0.2, 0.25) is 0 Å². The fourth-order valence-corrected chi connectivity index (χ4v) is 3.72. The zero-order valence-corrected chi connectivity index (χ0v) is 13.5. The molecule has 1 atom stereocenters. The SMILES string of the molecule is CC(C)C1CCCN1Cc1nc2c(oc3ccccc32)c(=O)[nH]1. The molecule has 0 aliphatic carbocycles. The highest BCUT2D eigenvalue weighted by Gasteiger charge is 2.27. The average Bonchev–Trinajstić information content (AvgIpc) is 3.12. The topological polar surface area (TPSA) is 62.1 Å². The Kier molecular flexibility index (Phi) is 3.45. The van der Waals surface area contributed by atoms with Crippen molar-refractivity contribution in [3.05, 3.63) is 40.4 Å². The molecule has 0 amide bonds. The van der Waals surface area contributed by atoms with E-state index in [1.54, 1.807) is 0 Å². The number of H-pyrrole nitrogens is 1. The highest BCUT2D eigenvalue weighted by molar-refractivity contribution is 6.01. The quantitative estimate of drug-likeness (QED) is 0.806. The van der Waals surface area contributed by atoms with Crippen LogP contribution in [0.15, 0.2) is 33.5 Å². The fourth-order valence-electron chi connectivity index (χ4n) is 3.72. The molecule has 0 spiro atoms. The summed E-state index contributed by atoms with van der Waals surface area (Å²) >= 11 is 0. The third-order valence-electron chi connectivity index (χ3n) is 4.82. The van der Waals surface area contributed by atoms with E-state index in [4.69, 9.17) is 9.40 Å². The largest absolute Gasteiger partial charge is 0.449 e. The number of hydrogen-bond donors (Lipinski definition) is 1. The number of likely N-dealkylation sites (tertiary alicyclic amines) is 1. The van der Waals surface area contributed by atoms with E-state index in [-0.39, 0.29) is 5.56 Å². The predicted octanol–water partition coefficient (Wildman–Crippen LogP) is 3.29. The predicted molar refractivity (Wildman–Crippen MR) is 90.4 cm³/mol. The molecule has 1 saturated heterocycles. The second kappa shape index (κ2) is 5.49. The number of hydrogen-bond acceptors (Lipinski definition) is 4. The molecule has 1 fully saturated rings. The number of aromatic amines is 1. The Bertz CT molecular complexity index is 909. The van der Waals surface area contributed by atoms with Crippen molar-refractivity contribution in [3.63, 3.8) is 0 Å². The summed E-state index contributed by atoms with van der Waals surface area (Å²) in [5, 5.41) is 0.900. The van der Waals surface area contributed by atoms with Gasteiger partial charge in [-0.25, -0.2) is 4.98 Å². The Labute approximate surface area is 134 Å². The van der Waals surface area contributed by atoms with Gasteiger partial charge in [0.05, 0.1) is 6.54 Å². The lowest BCUT2D eigenvalue weighted by molar-refractivity contribution is 0.194. The summed E-state index contributed by atoms with van der Waals surface area (Å²) in [4.78, 5) is 22.4. The molecule has 1 aromatic carbocycles. The first kappa shape index (κ1) is 14.5. The molecule has 0 saturated carbocycles. The zero-order valence-electron chi connectivity index (χ0n) is 13.5. The molecule has 0 bridgehead atoms. The van der Waals surface area contributed by atoms with Gasteiger partial charge in [-0.2, -0.15) is 0 Å². The molecule has 1 aliphatic rings. The molecule has 1 unspecified atom stereocenters. The van der Waals surface area contributed by atoms with Gasteiger partial charge in [-0.15, -0.1) is 0 Å². The van der Waals surface area contributed by atoms with Crippen molar-refractivity contribution < 1.29 is 4.42 Å². The number of nitrogens with zero attached hydrogens (tertiary/aromatic N) is 2. The third-order valence-corrected chi connectivity index (χ3v) is 4.82. The minimum atomic E-state index is -0.193. The van der Waals surface area contributed by atoms with Crippen LogP contribution in [0.4, 0.5) is 0 Å². The minimum Gasteiger partial charge on any atom is -0.449 e. The molecule has 5 heteroatoms. The molecule has 2 aromatic heterocycles. The summed E-state index contributed by atoms with van der Waals surface area (Å²) in [7, 11) is 0. The van der Waals surface area contributed by atoms with Gasteiger partial charge < -0.3 is 9.40 Å². The van der Waals surface area contributed by atoms with Gasteiger partial charge in [-0.05, 0) is 37.4 Å². The van der Waals surface area contributed by atoms with Crippen molar-refractivity contribution in [3.8, 4) is 0 Å². The Morgan fingerprint density at radius 3 is 3.04 bits per heavy atom. The van der Waals surface area contributed by atoms with E-state index in [1.807, 2.05) is 24.3 Å². The minimum absolute atomic E-state index is 0.193. The summed E-state index contributed by atoms with van der Waals surface area (Å²) in [6.45, 7) is 6.27. The molecular formula is C18H21N3O2. The molecule has 5 nitrogen and oxygen atoms in total. The molecule has 3 heterocycles. The Morgan fingerprint density at radius 1 is 1.39 bits per heavy atom. The van der Waals surface area contributed by atoms with E-state index in [0.717, 1.165) is 17.8 Å². The van der Waals surface area contributed by atoms with E-state index in [1.165, 1.54) is 12.8 Å². The van der Waals surface area contributed by atoms with Crippen LogP contribution < -0.4 is 5.56 Å². The van der Waals surface area contributed by atoms with Crippen LogP contribution >= 0.6 is 0 Å². The van der Waals surface area contributed by atoms with Crippen molar-refractivity contribution in [1.82, 2.24) is 14.9 Å². The van der Waals surface area contributed by atoms with E-state index in [0.29, 0.717) is 35.2 Å². The normalized spacial score (nSPS) is 19.3. The lowest BCUT2D eigenvalue weighted by Gasteiger charge is -2.26. The summed E-state index contributed by atoms with van der Waals surface area (Å²) in [5.74, 6) is 1.34. The van der Waals surface area contributed by atoms with Crippen LogP contribution in [0.25, 0.3) is 22.1 Å². The van der Waals surface area contributed by atoms with Crippen LogP contribution in [0.3, 0.4) is 0 Å². The average molecular weight is 311 g/mol. The first-order valence-corrected chi connectivity index (χ1v) is 8.28. The van der Waals surface area contributed by atoms with Crippen molar-refractivity contribution in [1.29, 1.82) is 0 Å². The molecule has 0 radical (unpaired) electrons. The van der Waals surface area contributed by atoms with Crippen LogP contribution in [0, 0.1) is 5.92 Å². The zero-order chi connectivity index (χ0) is 16.0. The first-order chi connectivity index (χ1) is 11.1. The van der Waals surface area contributed by atoms with Gasteiger partial charge in [0, 0.05) is 11.4 Å². The van der Waals surface area contributed by atoms with Gasteiger partial charge in [-0.1, -0.05) is 26.0 Å². The molecule has 120 valence electrons. The molecule has 1 aliphatic heterocycles. The molecule has 3 aromatic rings. The first-order valence-electron chi connectivity index (χ1n) is 8.28. The van der Waals surface area contributed by atoms with Crippen molar-refractivity contribution >= 4 is 22.1 Å². The number of para-hydroxylation sites is 1. The second-order valence-electron chi connectivity index (χ2n) is 6.71. The lowest BCUT2D eigenvalue weighted by Crippen LogP contribution is -2.34. The second-order valence-corrected chi connectivity index (χ2v) is 6.71. The highest BCUT2D eigenvalue weighted by Crippen LogP contribution is 2.27. The van der Waals surface area contributed by atoms with Gasteiger partial charge in [0.25, 0.3) is 5.56 Å². The maximum atomic E-state index is 12.4. The molecule has 1 N–H and O–H groups in total. The summed E-state index contributed by atoms with van der Waals surface area (Å²) in [5.41, 5.74) is 1.50. The van der Waals surface area contributed by atoms with Gasteiger partial charge in [0.2, 0.25) is 5.58 Å². The fraction of sp³-hybridized carbons (Fsp3) is 0.444. The van der Waals surface area contributed by atoms with E-state index >= 15 is 0 Å². The van der Waals surface area contributed by atoms with Gasteiger partial charge in [-0.3, -0.25) is 9.69 Å². The third kappa shape index (κ3) is 2.45. The van der Waals surface area contributed by atoms with Gasteiger partial charge >= 0.3 is 0 Å². The highest BCUT2D eigenvalue weighted by atomic mass is 16.3. The number of fused-ring (bicyclic) bond motifs is 3. The summed E-state index contributed by atoms with van der Waals surface area (Å²) < 4.78 is 5.65. The van der Waals surface area contributed by atoms with Crippen molar-refractivity contribution in [2.75, 3.05) is 6.54 Å². The number of nitrogens with one attached hydrogen (secondary N) is 1. The number of aromatic nitrogens is 2. The van der Waals surface area contributed by atoms with Crippen LogP contribution in [0.1, 0.15) is 32.5 Å². The monoisotopic (exact) mass is 311 g/mol.